The Morgan fingerprint density at radius 3 is 2.68 bits per heavy atom. The summed E-state index contributed by atoms with van der Waals surface area (Å²) in [6.07, 6.45) is 2.46. The lowest BCUT2D eigenvalue weighted by Crippen LogP contribution is -2.08. The molecular weight excluding hydrogens is 236 g/mol. The highest BCUT2D eigenvalue weighted by atomic mass is 15.0. The number of aromatic nitrogens is 3. The SMILES string of the molecule is CCNc1cc(C(C)C)nc(Cc2ccccn2)n1. The summed E-state index contributed by atoms with van der Waals surface area (Å²) >= 11 is 0. The Balaban J connectivity index is 2.28. The maximum absolute atomic E-state index is 4.62. The Kier molecular flexibility index (Phi) is 4.44. The Hall–Kier alpha value is -1.97. The van der Waals surface area contributed by atoms with Crippen molar-refractivity contribution >= 4 is 5.82 Å². The van der Waals surface area contributed by atoms with Gasteiger partial charge in [0.25, 0.3) is 0 Å². The highest BCUT2D eigenvalue weighted by molar-refractivity contribution is 5.37. The second kappa shape index (κ2) is 6.27. The molecule has 0 atom stereocenters. The van der Waals surface area contributed by atoms with Crippen molar-refractivity contribution in [2.75, 3.05) is 11.9 Å². The third-order valence-corrected chi connectivity index (χ3v) is 2.81. The van der Waals surface area contributed by atoms with Crippen molar-refractivity contribution in [2.45, 2.75) is 33.1 Å². The van der Waals surface area contributed by atoms with Gasteiger partial charge in [-0.25, -0.2) is 9.97 Å². The lowest BCUT2D eigenvalue weighted by Gasteiger charge is -2.10. The smallest absolute Gasteiger partial charge is 0.136 e. The Labute approximate surface area is 114 Å². The van der Waals surface area contributed by atoms with E-state index in [0.29, 0.717) is 12.3 Å². The fourth-order valence-electron chi connectivity index (χ4n) is 1.83. The van der Waals surface area contributed by atoms with Crippen LogP contribution in [0.1, 0.15) is 43.9 Å². The monoisotopic (exact) mass is 256 g/mol. The van der Waals surface area contributed by atoms with Gasteiger partial charge in [0.15, 0.2) is 0 Å². The van der Waals surface area contributed by atoms with Crippen LogP contribution in [-0.2, 0) is 6.42 Å². The van der Waals surface area contributed by atoms with Crippen LogP contribution in [-0.4, -0.2) is 21.5 Å². The van der Waals surface area contributed by atoms with Crippen molar-refractivity contribution in [1.82, 2.24) is 15.0 Å². The molecule has 0 radical (unpaired) electrons. The molecule has 2 aromatic rings. The van der Waals surface area contributed by atoms with Gasteiger partial charge in [-0.1, -0.05) is 19.9 Å². The van der Waals surface area contributed by atoms with Gasteiger partial charge in [0.2, 0.25) is 0 Å². The molecule has 0 saturated heterocycles. The maximum Gasteiger partial charge on any atom is 0.136 e. The molecule has 0 unspecified atom stereocenters. The molecule has 0 spiro atoms. The molecule has 0 aliphatic carbocycles. The first-order valence-corrected chi connectivity index (χ1v) is 6.70. The molecule has 0 amide bonds. The summed E-state index contributed by atoms with van der Waals surface area (Å²) in [5.41, 5.74) is 2.06. The van der Waals surface area contributed by atoms with E-state index >= 15 is 0 Å². The zero-order chi connectivity index (χ0) is 13.7. The molecule has 2 aromatic heterocycles. The van der Waals surface area contributed by atoms with Gasteiger partial charge in [0.05, 0.1) is 6.42 Å². The summed E-state index contributed by atoms with van der Waals surface area (Å²) in [5.74, 6) is 2.11. The van der Waals surface area contributed by atoms with E-state index < -0.39 is 0 Å². The second-order valence-electron chi connectivity index (χ2n) is 4.78. The topological polar surface area (TPSA) is 50.7 Å². The van der Waals surface area contributed by atoms with E-state index in [2.05, 4.69) is 41.0 Å². The van der Waals surface area contributed by atoms with Gasteiger partial charge < -0.3 is 5.32 Å². The highest BCUT2D eigenvalue weighted by Gasteiger charge is 2.08. The van der Waals surface area contributed by atoms with Crippen LogP contribution in [0.25, 0.3) is 0 Å². The minimum Gasteiger partial charge on any atom is -0.370 e. The minimum atomic E-state index is 0.392. The largest absolute Gasteiger partial charge is 0.370 e. The molecule has 2 rings (SSSR count). The van der Waals surface area contributed by atoms with E-state index in [1.165, 1.54) is 0 Å². The average Bonchev–Trinajstić information content (AvgIpc) is 2.40. The third-order valence-electron chi connectivity index (χ3n) is 2.81. The molecule has 4 heteroatoms. The van der Waals surface area contributed by atoms with E-state index in [9.17, 15) is 0 Å². The van der Waals surface area contributed by atoms with Crippen LogP contribution >= 0.6 is 0 Å². The quantitative estimate of drug-likeness (QED) is 0.893. The van der Waals surface area contributed by atoms with Crippen LogP contribution in [0.5, 0.6) is 0 Å². The van der Waals surface area contributed by atoms with Crippen molar-refractivity contribution in [2.24, 2.45) is 0 Å². The number of hydrogen-bond acceptors (Lipinski definition) is 4. The Morgan fingerprint density at radius 1 is 1.21 bits per heavy atom. The van der Waals surface area contributed by atoms with Crippen LogP contribution in [0.15, 0.2) is 30.5 Å². The minimum absolute atomic E-state index is 0.392. The molecule has 0 aliphatic heterocycles. The van der Waals surface area contributed by atoms with E-state index in [1.54, 1.807) is 6.20 Å². The molecule has 19 heavy (non-hydrogen) atoms. The summed E-state index contributed by atoms with van der Waals surface area (Å²) in [6.45, 7) is 7.21. The van der Waals surface area contributed by atoms with Gasteiger partial charge in [-0.15, -0.1) is 0 Å². The van der Waals surface area contributed by atoms with Crippen LogP contribution < -0.4 is 5.32 Å². The zero-order valence-corrected chi connectivity index (χ0v) is 11.7. The molecule has 0 bridgehead atoms. The molecule has 0 saturated carbocycles. The van der Waals surface area contributed by atoms with Gasteiger partial charge in [0, 0.05) is 30.2 Å². The van der Waals surface area contributed by atoms with E-state index in [0.717, 1.165) is 29.6 Å². The van der Waals surface area contributed by atoms with Gasteiger partial charge >= 0.3 is 0 Å². The maximum atomic E-state index is 4.62. The molecule has 1 N–H and O–H groups in total. The first-order valence-electron chi connectivity index (χ1n) is 6.70. The third kappa shape index (κ3) is 3.74. The predicted molar refractivity (Wildman–Crippen MR) is 77.3 cm³/mol. The first-order chi connectivity index (χ1) is 9.19. The van der Waals surface area contributed by atoms with Crippen molar-refractivity contribution in [1.29, 1.82) is 0 Å². The van der Waals surface area contributed by atoms with Crippen molar-refractivity contribution in [3.8, 4) is 0 Å². The number of nitrogens with zero attached hydrogens (tertiary/aromatic N) is 3. The summed E-state index contributed by atoms with van der Waals surface area (Å²) in [4.78, 5) is 13.5. The van der Waals surface area contributed by atoms with Gasteiger partial charge in [-0.2, -0.15) is 0 Å². The molecular formula is C15H20N4. The number of nitrogens with one attached hydrogen (secondary N) is 1. The molecule has 0 fully saturated rings. The molecule has 0 aromatic carbocycles. The van der Waals surface area contributed by atoms with Gasteiger partial charge in [-0.3, -0.25) is 4.98 Å². The summed E-state index contributed by atoms with van der Waals surface area (Å²) < 4.78 is 0. The van der Waals surface area contributed by atoms with E-state index in [4.69, 9.17) is 0 Å². The first kappa shape index (κ1) is 13.5. The Bertz CT molecular complexity index is 523. The second-order valence-corrected chi connectivity index (χ2v) is 4.78. The fourth-order valence-corrected chi connectivity index (χ4v) is 1.83. The van der Waals surface area contributed by atoms with Crippen LogP contribution in [0.2, 0.25) is 0 Å². The molecule has 0 aliphatic rings. The number of anilines is 1. The lowest BCUT2D eigenvalue weighted by molar-refractivity contribution is 0.788. The van der Waals surface area contributed by atoms with Crippen LogP contribution in [0.4, 0.5) is 5.82 Å². The van der Waals surface area contributed by atoms with Crippen molar-refractivity contribution in [3.63, 3.8) is 0 Å². The molecule has 2 heterocycles. The normalized spacial score (nSPS) is 10.7. The van der Waals surface area contributed by atoms with E-state index in [-0.39, 0.29) is 0 Å². The molecule has 4 nitrogen and oxygen atoms in total. The Morgan fingerprint density at radius 2 is 2.05 bits per heavy atom. The van der Waals surface area contributed by atoms with E-state index in [1.807, 2.05) is 24.3 Å². The van der Waals surface area contributed by atoms with Gasteiger partial charge in [0.1, 0.15) is 11.6 Å². The number of hydrogen-bond donors (Lipinski definition) is 1. The summed E-state index contributed by atoms with van der Waals surface area (Å²) in [5, 5.41) is 3.26. The molecule has 100 valence electrons. The van der Waals surface area contributed by atoms with Crippen LogP contribution in [0, 0.1) is 0 Å². The number of pyridine rings is 1. The van der Waals surface area contributed by atoms with Crippen molar-refractivity contribution < 1.29 is 0 Å². The van der Waals surface area contributed by atoms with Gasteiger partial charge in [-0.05, 0) is 25.0 Å². The fraction of sp³-hybridized carbons (Fsp3) is 0.400. The van der Waals surface area contributed by atoms with Crippen LogP contribution in [0.3, 0.4) is 0 Å². The number of rotatable bonds is 5. The zero-order valence-electron chi connectivity index (χ0n) is 11.7. The predicted octanol–water partition coefficient (Wildman–Crippen LogP) is 3.02. The lowest BCUT2D eigenvalue weighted by atomic mass is 10.1. The average molecular weight is 256 g/mol. The van der Waals surface area contributed by atoms with Crippen molar-refractivity contribution in [3.05, 3.63) is 47.7 Å². The summed E-state index contributed by atoms with van der Waals surface area (Å²) in [6, 6.07) is 7.92. The summed E-state index contributed by atoms with van der Waals surface area (Å²) in [7, 11) is 0. The highest BCUT2D eigenvalue weighted by Crippen LogP contribution is 2.16. The standard InChI is InChI=1S/C15H20N4/c1-4-16-14-10-13(11(2)3)18-15(19-14)9-12-7-5-6-8-17-12/h5-8,10-11H,4,9H2,1-3H3,(H,16,18,19).